The molecule has 3 aromatic heterocycles. The van der Waals surface area contributed by atoms with Crippen molar-refractivity contribution in [1.29, 1.82) is 0 Å². The van der Waals surface area contributed by atoms with E-state index in [1.54, 1.807) is 0 Å². The zero-order valence-corrected chi connectivity index (χ0v) is 27.3. The first-order valence-corrected chi connectivity index (χ1v) is 17.6. The molecule has 3 heteroatoms. The van der Waals surface area contributed by atoms with Gasteiger partial charge in [0.05, 0.1) is 11.0 Å². The summed E-state index contributed by atoms with van der Waals surface area (Å²) in [6, 6.07) is 62.0. The lowest BCUT2D eigenvalue weighted by Gasteiger charge is -2.26. The zero-order valence-electron chi connectivity index (χ0n) is 26.5. The van der Waals surface area contributed by atoms with Gasteiger partial charge in [-0.1, -0.05) is 115 Å². The number of nitrogens with zero attached hydrogens (tertiary/aromatic N) is 2. The number of para-hydroxylation sites is 3. The molecule has 0 aliphatic heterocycles. The molecule has 3 heterocycles. The van der Waals surface area contributed by atoms with Gasteiger partial charge in [-0.15, -0.1) is 11.3 Å². The minimum absolute atomic E-state index is 1.14. The topological polar surface area (TPSA) is 7.65 Å². The van der Waals surface area contributed by atoms with Crippen LogP contribution in [0.15, 0.2) is 170 Å². The predicted octanol–water partition coefficient (Wildman–Crippen LogP) is 13.5. The van der Waals surface area contributed by atoms with Crippen LogP contribution in [0.2, 0.25) is 0 Å². The van der Waals surface area contributed by atoms with Gasteiger partial charge in [0, 0.05) is 48.7 Å². The summed E-state index contributed by atoms with van der Waals surface area (Å²) in [5.41, 5.74) is 8.46. The van der Waals surface area contributed by atoms with Crippen LogP contribution in [-0.4, -0.2) is 4.40 Å². The van der Waals surface area contributed by atoms with Gasteiger partial charge in [0.2, 0.25) is 0 Å². The zero-order chi connectivity index (χ0) is 32.1. The monoisotopic (exact) mass is 640 g/mol. The molecule has 0 N–H and O–H groups in total. The van der Waals surface area contributed by atoms with E-state index in [0.717, 1.165) is 17.1 Å². The Morgan fingerprint density at radius 3 is 1.88 bits per heavy atom. The summed E-state index contributed by atoms with van der Waals surface area (Å²) in [5, 5.41) is 11.9. The first-order valence-electron chi connectivity index (χ1n) is 16.8. The average Bonchev–Trinajstić information content (AvgIpc) is 3.82. The van der Waals surface area contributed by atoms with Crippen molar-refractivity contribution < 1.29 is 0 Å². The Balaban J connectivity index is 1.10. The molecule has 0 aliphatic rings. The molecular formula is C46H28N2S. The van der Waals surface area contributed by atoms with E-state index >= 15 is 0 Å². The van der Waals surface area contributed by atoms with Crippen molar-refractivity contribution in [2.24, 2.45) is 0 Å². The molecule has 0 radical (unpaired) electrons. The number of aromatic nitrogens is 1. The molecule has 0 amide bonds. The van der Waals surface area contributed by atoms with Gasteiger partial charge in [0.25, 0.3) is 0 Å². The molecule has 0 bridgehead atoms. The van der Waals surface area contributed by atoms with E-state index in [4.69, 9.17) is 0 Å². The summed E-state index contributed by atoms with van der Waals surface area (Å²) in [5.74, 6) is 0. The smallest absolute Gasteiger partial charge is 0.109 e. The molecule has 0 saturated heterocycles. The van der Waals surface area contributed by atoms with Crippen LogP contribution in [0.3, 0.4) is 0 Å². The molecule has 49 heavy (non-hydrogen) atoms. The number of thiophene rings is 1. The van der Waals surface area contributed by atoms with Crippen molar-refractivity contribution in [2.45, 2.75) is 0 Å². The highest BCUT2D eigenvalue weighted by Gasteiger charge is 2.23. The Labute approximate surface area is 286 Å². The van der Waals surface area contributed by atoms with E-state index in [9.17, 15) is 0 Å². The maximum atomic E-state index is 2.53. The Hall–Kier alpha value is -6.16. The van der Waals surface area contributed by atoms with Crippen LogP contribution in [0, 0.1) is 0 Å². The van der Waals surface area contributed by atoms with E-state index in [1.165, 1.54) is 80.2 Å². The third kappa shape index (κ3) is 3.82. The highest BCUT2D eigenvalue weighted by molar-refractivity contribution is 7.26. The first kappa shape index (κ1) is 26.9. The Kier molecular flexibility index (Phi) is 5.57. The number of benzene rings is 8. The maximum absolute atomic E-state index is 2.53. The van der Waals surface area contributed by atoms with Crippen LogP contribution in [0.25, 0.3) is 80.2 Å². The molecule has 0 saturated carbocycles. The van der Waals surface area contributed by atoms with Crippen LogP contribution < -0.4 is 4.90 Å². The SMILES string of the molecule is c1ccc(N(c2ccccc2)c2cccc(-c3ccc4c(ccc5c4sc4c5c5cc6ccccc6c6c7ccccc7n4c56)c3)c2)cc1. The van der Waals surface area contributed by atoms with Crippen LogP contribution in [0.5, 0.6) is 0 Å². The fraction of sp³-hybridized carbons (Fsp3) is 0. The number of anilines is 3. The summed E-state index contributed by atoms with van der Waals surface area (Å²) in [6.07, 6.45) is 0. The second-order valence-electron chi connectivity index (χ2n) is 12.9. The van der Waals surface area contributed by atoms with E-state index < -0.39 is 0 Å². The summed E-state index contributed by atoms with van der Waals surface area (Å²) >= 11 is 1.93. The number of rotatable bonds is 4. The standard InChI is InChI=1S/C46H28N2S/c1-3-14-33(15-4-1)47(34-16-5-2-6-17-34)35-18-11-13-29(27-35)30-22-24-37-32(26-30)23-25-39-43-40-28-31-12-7-8-19-36(31)42-38-20-9-10-21-41(38)48(44(40)42)46(43)49-45(37)39/h1-28H. The van der Waals surface area contributed by atoms with Gasteiger partial charge >= 0.3 is 0 Å². The summed E-state index contributed by atoms with van der Waals surface area (Å²) < 4.78 is 3.88. The van der Waals surface area contributed by atoms with Gasteiger partial charge in [-0.05, 0) is 87.3 Å². The molecule has 0 fully saturated rings. The van der Waals surface area contributed by atoms with Crippen LogP contribution in [-0.2, 0) is 0 Å². The third-order valence-corrected chi connectivity index (χ3v) is 11.5. The van der Waals surface area contributed by atoms with E-state index in [1.807, 2.05) is 11.3 Å². The second-order valence-corrected chi connectivity index (χ2v) is 13.9. The third-order valence-electron chi connectivity index (χ3n) is 10.3. The van der Waals surface area contributed by atoms with Crippen molar-refractivity contribution in [1.82, 2.24) is 4.40 Å². The van der Waals surface area contributed by atoms with Crippen LogP contribution in [0.1, 0.15) is 0 Å². The molecular weight excluding hydrogens is 613 g/mol. The predicted molar refractivity (Wildman–Crippen MR) is 212 cm³/mol. The molecule has 0 atom stereocenters. The maximum Gasteiger partial charge on any atom is 0.109 e. The van der Waals surface area contributed by atoms with Gasteiger partial charge in [-0.3, -0.25) is 4.40 Å². The molecule has 228 valence electrons. The van der Waals surface area contributed by atoms with Crippen molar-refractivity contribution in [2.75, 3.05) is 4.90 Å². The highest BCUT2D eigenvalue weighted by Crippen LogP contribution is 2.49. The molecule has 0 spiro atoms. The van der Waals surface area contributed by atoms with Gasteiger partial charge < -0.3 is 4.90 Å². The molecule has 11 aromatic rings. The number of hydrogen-bond acceptors (Lipinski definition) is 2. The quantitative estimate of drug-likeness (QED) is 0.186. The van der Waals surface area contributed by atoms with Crippen molar-refractivity contribution >= 4 is 97.4 Å². The minimum atomic E-state index is 1.14. The normalized spacial score (nSPS) is 12.1. The van der Waals surface area contributed by atoms with Crippen molar-refractivity contribution in [3.05, 3.63) is 170 Å². The lowest BCUT2D eigenvalue weighted by Crippen LogP contribution is -2.09. The Bertz CT molecular complexity index is 3000. The molecule has 0 unspecified atom stereocenters. The van der Waals surface area contributed by atoms with Crippen LogP contribution in [0.4, 0.5) is 17.1 Å². The summed E-state index contributed by atoms with van der Waals surface area (Å²) in [6.45, 7) is 0. The molecule has 0 aliphatic carbocycles. The van der Waals surface area contributed by atoms with Gasteiger partial charge in [0.15, 0.2) is 0 Å². The average molecular weight is 641 g/mol. The fourth-order valence-corrected chi connectivity index (χ4v) is 9.51. The number of fused-ring (bicyclic) bond motifs is 12. The van der Waals surface area contributed by atoms with Gasteiger partial charge in [-0.2, -0.15) is 0 Å². The second kappa shape index (κ2) is 10.2. The number of hydrogen-bond donors (Lipinski definition) is 0. The van der Waals surface area contributed by atoms with E-state index in [0.29, 0.717) is 0 Å². The Morgan fingerprint density at radius 2 is 1.06 bits per heavy atom. The van der Waals surface area contributed by atoms with Crippen LogP contribution >= 0.6 is 11.3 Å². The Morgan fingerprint density at radius 1 is 0.408 bits per heavy atom. The fourth-order valence-electron chi connectivity index (χ4n) is 8.14. The van der Waals surface area contributed by atoms with E-state index in [2.05, 4.69) is 179 Å². The lowest BCUT2D eigenvalue weighted by molar-refractivity contribution is 1.28. The first-order chi connectivity index (χ1) is 24.3. The lowest BCUT2D eigenvalue weighted by atomic mass is 9.98. The molecule has 8 aromatic carbocycles. The molecule has 11 rings (SSSR count). The van der Waals surface area contributed by atoms with Gasteiger partial charge in [0.1, 0.15) is 4.83 Å². The molecule has 2 nitrogen and oxygen atoms in total. The summed E-state index contributed by atoms with van der Waals surface area (Å²) in [7, 11) is 0. The minimum Gasteiger partial charge on any atom is -0.310 e. The van der Waals surface area contributed by atoms with Crippen molar-refractivity contribution in [3.63, 3.8) is 0 Å². The van der Waals surface area contributed by atoms with E-state index in [-0.39, 0.29) is 0 Å². The largest absolute Gasteiger partial charge is 0.310 e. The summed E-state index contributed by atoms with van der Waals surface area (Å²) in [4.78, 5) is 3.65. The van der Waals surface area contributed by atoms with Crippen molar-refractivity contribution in [3.8, 4) is 11.1 Å². The highest BCUT2D eigenvalue weighted by atomic mass is 32.1. The van der Waals surface area contributed by atoms with Gasteiger partial charge in [-0.25, -0.2) is 0 Å².